The molecule has 1 aromatic heterocycles. The number of halogens is 1. The SMILES string of the molecule is Oc1ccc(-c2noc(-c3ccc(O)cc3)c2Oc2ccc(OCCN3CCC(CF)C3)cc2)cc1. The van der Waals surface area contributed by atoms with Gasteiger partial charge in [-0.25, -0.2) is 0 Å². The Kier molecular flexibility index (Phi) is 7.04. The number of rotatable bonds is 9. The van der Waals surface area contributed by atoms with Gasteiger partial charge in [0.25, 0.3) is 0 Å². The molecule has 1 aliphatic heterocycles. The highest BCUT2D eigenvalue weighted by atomic mass is 19.1. The third-order valence-electron chi connectivity index (χ3n) is 6.23. The Balaban J connectivity index is 1.32. The van der Waals surface area contributed by atoms with Gasteiger partial charge in [-0.1, -0.05) is 5.16 Å². The molecule has 0 aliphatic carbocycles. The maximum atomic E-state index is 12.8. The second-order valence-corrected chi connectivity index (χ2v) is 8.81. The maximum absolute atomic E-state index is 12.8. The lowest BCUT2D eigenvalue weighted by Gasteiger charge is -2.16. The summed E-state index contributed by atoms with van der Waals surface area (Å²) in [4.78, 5) is 2.23. The molecule has 3 aromatic carbocycles. The number of alkyl halides is 1. The molecule has 1 saturated heterocycles. The monoisotopic (exact) mass is 490 g/mol. The molecule has 36 heavy (non-hydrogen) atoms. The molecule has 0 saturated carbocycles. The van der Waals surface area contributed by atoms with Crippen LogP contribution in [0.1, 0.15) is 6.42 Å². The van der Waals surface area contributed by atoms with Crippen molar-refractivity contribution in [3.05, 3.63) is 72.8 Å². The molecule has 1 atom stereocenters. The number of hydrogen-bond acceptors (Lipinski definition) is 7. The Labute approximate surface area is 208 Å². The molecule has 8 heteroatoms. The zero-order chi connectivity index (χ0) is 24.9. The van der Waals surface area contributed by atoms with Gasteiger partial charge in [-0.15, -0.1) is 0 Å². The molecule has 0 bridgehead atoms. The summed E-state index contributed by atoms with van der Waals surface area (Å²) < 4.78 is 30.6. The van der Waals surface area contributed by atoms with Crippen molar-refractivity contribution in [3.63, 3.8) is 0 Å². The first-order valence-electron chi connectivity index (χ1n) is 11.9. The van der Waals surface area contributed by atoms with Crippen molar-refractivity contribution in [1.29, 1.82) is 0 Å². The highest BCUT2D eigenvalue weighted by Crippen LogP contribution is 2.42. The van der Waals surface area contributed by atoms with Gasteiger partial charge < -0.3 is 24.2 Å². The van der Waals surface area contributed by atoms with Crippen LogP contribution in [-0.4, -0.2) is 53.2 Å². The number of hydrogen-bond donors (Lipinski definition) is 2. The van der Waals surface area contributed by atoms with E-state index in [2.05, 4.69) is 10.1 Å². The van der Waals surface area contributed by atoms with Gasteiger partial charge in [0.15, 0.2) is 5.69 Å². The molecule has 1 unspecified atom stereocenters. The van der Waals surface area contributed by atoms with E-state index in [9.17, 15) is 14.6 Å². The minimum absolute atomic E-state index is 0.141. The second kappa shape index (κ2) is 10.7. The molecule has 7 nitrogen and oxygen atoms in total. The van der Waals surface area contributed by atoms with Crippen LogP contribution in [0.3, 0.4) is 0 Å². The smallest absolute Gasteiger partial charge is 0.210 e. The molecular formula is C28H27FN2O5. The summed E-state index contributed by atoms with van der Waals surface area (Å²) in [7, 11) is 0. The van der Waals surface area contributed by atoms with Crippen molar-refractivity contribution in [1.82, 2.24) is 10.1 Å². The zero-order valence-corrected chi connectivity index (χ0v) is 19.6. The van der Waals surface area contributed by atoms with Crippen LogP contribution < -0.4 is 9.47 Å². The highest BCUT2D eigenvalue weighted by molar-refractivity contribution is 5.77. The van der Waals surface area contributed by atoms with E-state index >= 15 is 0 Å². The number of nitrogens with zero attached hydrogens (tertiary/aromatic N) is 2. The first-order valence-corrected chi connectivity index (χ1v) is 11.9. The van der Waals surface area contributed by atoms with E-state index < -0.39 is 0 Å². The molecule has 4 aromatic rings. The third kappa shape index (κ3) is 5.44. The maximum Gasteiger partial charge on any atom is 0.210 e. The van der Waals surface area contributed by atoms with Crippen molar-refractivity contribution < 1.29 is 28.6 Å². The average Bonchev–Trinajstić information content (AvgIpc) is 3.53. The zero-order valence-electron chi connectivity index (χ0n) is 19.6. The summed E-state index contributed by atoms with van der Waals surface area (Å²) in [5.41, 5.74) is 1.89. The normalized spacial score (nSPS) is 15.8. The van der Waals surface area contributed by atoms with Crippen LogP contribution in [0.15, 0.2) is 77.3 Å². The number of phenols is 2. The molecule has 2 heterocycles. The molecule has 1 fully saturated rings. The van der Waals surface area contributed by atoms with Crippen molar-refractivity contribution in [2.45, 2.75) is 6.42 Å². The van der Waals surface area contributed by atoms with Gasteiger partial charge in [0.1, 0.15) is 29.6 Å². The van der Waals surface area contributed by atoms with E-state index in [1.165, 1.54) is 0 Å². The van der Waals surface area contributed by atoms with Gasteiger partial charge in [0.05, 0.1) is 6.67 Å². The Bertz CT molecular complexity index is 1210. The second-order valence-electron chi connectivity index (χ2n) is 8.81. The predicted octanol–water partition coefficient (Wildman–Crippen LogP) is 5.88. The Morgan fingerprint density at radius 2 is 1.53 bits per heavy atom. The topological polar surface area (TPSA) is 88.2 Å². The van der Waals surface area contributed by atoms with E-state index in [-0.39, 0.29) is 24.1 Å². The molecule has 186 valence electrons. The number of ether oxygens (including phenoxy) is 2. The van der Waals surface area contributed by atoms with Gasteiger partial charge in [-0.2, -0.15) is 0 Å². The van der Waals surface area contributed by atoms with Crippen LogP contribution in [0.4, 0.5) is 4.39 Å². The number of aromatic nitrogens is 1. The lowest BCUT2D eigenvalue weighted by Crippen LogP contribution is -2.26. The van der Waals surface area contributed by atoms with E-state index in [4.69, 9.17) is 14.0 Å². The third-order valence-corrected chi connectivity index (χ3v) is 6.23. The molecule has 0 spiro atoms. The summed E-state index contributed by atoms with van der Waals surface area (Å²) in [6.45, 7) is 2.74. The fourth-order valence-electron chi connectivity index (χ4n) is 4.23. The lowest BCUT2D eigenvalue weighted by molar-refractivity contribution is 0.228. The van der Waals surface area contributed by atoms with Gasteiger partial charge in [-0.3, -0.25) is 9.29 Å². The summed E-state index contributed by atoms with van der Waals surface area (Å²) in [6.07, 6.45) is 0.906. The van der Waals surface area contributed by atoms with Gasteiger partial charge in [0.2, 0.25) is 11.5 Å². The molecule has 0 amide bonds. The van der Waals surface area contributed by atoms with Gasteiger partial charge in [0, 0.05) is 30.1 Å². The van der Waals surface area contributed by atoms with Crippen LogP contribution in [0.2, 0.25) is 0 Å². The van der Waals surface area contributed by atoms with Crippen LogP contribution in [0.5, 0.6) is 28.7 Å². The quantitative estimate of drug-likeness (QED) is 0.303. The first kappa shape index (κ1) is 23.7. The number of aromatic hydroxyl groups is 2. The number of benzene rings is 3. The van der Waals surface area contributed by atoms with Crippen LogP contribution in [0, 0.1) is 5.92 Å². The van der Waals surface area contributed by atoms with Crippen LogP contribution >= 0.6 is 0 Å². The highest BCUT2D eigenvalue weighted by Gasteiger charge is 2.23. The van der Waals surface area contributed by atoms with E-state index in [1.54, 1.807) is 60.7 Å². The average molecular weight is 491 g/mol. The van der Waals surface area contributed by atoms with Crippen LogP contribution in [-0.2, 0) is 0 Å². The van der Waals surface area contributed by atoms with Crippen molar-refractivity contribution in [2.75, 3.05) is 32.9 Å². The standard InChI is InChI=1S/C28H27FN2O5/c29-17-19-13-14-31(18-19)15-16-34-24-9-11-25(12-10-24)35-28-26(20-1-5-22(32)6-2-20)30-36-27(28)21-3-7-23(33)8-4-21/h1-12,19,32-33H,13-18H2. The largest absolute Gasteiger partial charge is 0.508 e. The molecule has 0 radical (unpaired) electrons. The Morgan fingerprint density at radius 3 is 2.17 bits per heavy atom. The Hall–Kier alpha value is -4.04. The van der Waals surface area contributed by atoms with E-state index in [0.29, 0.717) is 46.4 Å². The summed E-state index contributed by atoms with van der Waals surface area (Å²) in [5.74, 6) is 2.54. The minimum atomic E-state index is -0.256. The summed E-state index contributed by atoms with van der Waals surface area (Å²) in [5, 5.41) is 23.5. The Morgan fingerprint density at radius 1 is 0.889 bits per heavy atom. The first-order chi connectivity index (χ1) is 17.6. The summed E-state index contributed by atoms with van der Waals surface area (Å²) in [6, 6.07) is 20.4. The van der Waals surface area contributed by atoms with Crippen molar-refractivity contribution >= 4 is 0 Å². The molecule has 5 rings (SSSR count). The van der Waals surface area contributed by atoms with Crippen LogP contribution in [0.25, 0.3) is 22.6 Å². The van der Waals surface area contributed by atoms with Crippen molar-refractivity contribution in [2.24, 2.45) is 5.92 Å². The van der Waals surface area contributed by atoms with Gasteiger partial charge >= 0.3 is 0 Å². The van der Waals surface area contributed by atoms with Crippen molar-refractivity contribution in [3.8, 4) is 51.3 Å². The lowest BCUT2D eigenvalue weighted by atomic mass is 10.1. The van der Waals surface area contributed by atoms with E-state index in [1.807, 2.05) is 12.1 Å². The fourth-order valence-corrected chi connectivity index (χ4v) is 4.23. The minimum Gasteiger partial charge on any atom is -0.508 e. The number of phenolic OH excluding ortho intramolecular Hbond substituents is 2. The fraction of sp³-hybridized carbons (Fsp3) is 0.250. The predicted molar refractivity (Wildman–Crippen MR) is 133 cm³/mol. The van der Waals surface area contributed by atoms with Gasteiger partial charge in [-0.05, 0) is 85.8 Å². The number of likely N-dealkylation sites (tertiary alicyclic amines) is 1. The van der Waals surface area contributed by atoms with E-state index in [0.717, 1.165) is 26.1 Å². The summed E-state index contributed by atoms with van der Waals surface area (Å²) >= 11 is 0. The molecule has 1 aliphatic rings. The molecule has 2 N–H and O–H groups in total. The molecular weight excluding hydrogens is 463 g/mol.